The number of rotatable bonds is 9. The first kappa shape index (κ1) is 15.7. The van der Waals surface area contributed by atoms with E-state index in [1.807, 2.05) is 6.07 Å². The summed E-state index contributed by atoms with van der Waals surface area (Å²) in [5.74, 6) is 2.79. The number of hydrogen-bond donors (Lipinski definition) is 2. The standard InChI is InChI=1S/C15H28N4/c1-5-8-10-12(4)17-15-11-14(16-7-3)18-13(19-15)9-6-2/h11-12H,5-10H2,1-4H3,(H2,16,17,18,19). The molecule has 19 heavy (non-hydrogen) atoms. The molecule has 4 heteroatoms. The van der Waals surface area contributed by atoms with E-state index < -0.39 is 0 Å². The molecule has 0 saturated heterocycles. The average molecular weight is 264 g/mol. The Balaban J connectivity index is 2.74. The van der Waals surface area contributed by atoms with Crippen LogP contribution in [0, 0.1) is 0 Å². The lowest BCUT2D eigenvalue weighted by Gasteiger charge is -2.15. The lowest BCUT2D eigenvalue weighted by atomic mass is 10.1. The highest BCUT2D eigenvalue weighted by Gasteiger charge is 2.07. The third-order valence-electron chi connectivity index (χ3n) is 2.99. The molecule has 1 rings (SSSR count). The summed E-state index contributed by atoms with van der Waals surface area (Å²) < 4.78 is 0. The molecule has 2 N–H and O–H groups in total. The SMILES string of the molecule is CCCCC(C)Nc1cc(NCC)nc(CCC)n1. The van der Waals surface area contributed by atoms with E-state index in [0.29, 0.717) is 6.04 Å². The Morgan fingerprint density at radius 3 is 2.47 bits per heavy atom. The van der Waals surface area contributed by atoms with Crippen LogP contribution in [0.5, 0.6) is 0 Å². The average Bonchev–Trinajstić information content (AvgIpc) is 2.37. The maximum atomic E-state index is 4.59. The Morgan fingerprint density at radius 1 is 1.11 bits per heavy atom. The van der Waals surface area contributed by atoms with Crippen molar-refractivity contribution in [3.05, 3.63) is 11.9 Å². The molecule has 0 fully saturated rings. The Hall–Kier alpha value is -1.32. The monoisotopic (exact) mass is 264 g/mol. The number of unbranched alkanes of at least 4 members (excludes halogenated alkanes) is 1. The number of nitrogens with one attached hydrogen (secondary N) is 2. The molecule has 0 bridgehead atoms. The minimum atomic E-state index is 0.457. The summed E-state index contributed by atoms with van der Waals surface area (Å²) in [6.07, 6.45) is 5.67. The van der Waals surface area contributed by atoms with Gasteiger partial charge in [0.05, 0.1) is 0 Å². The summed E-state index contributed by atoms with van der Waals surface area (Å²) in [5.41, 5.74) is 0. The fourth-order valence-corrected chi connectivity index (χ4v) is 2.01. The second-order valence-electron chi connectivity index (χ2n) is 5.02. The highest BCUT2D eigenvalue weighted by atomic mass is 15.1. The Kier molecular flexibility index (Phi) is 7.23. The molecule has 1 aromatic heterocycles. The lowest BCUT2D eigenvalue weighted by Crippen LogP contribution is -2.17. The van der Waals surface area contributed by atoms with Gasteiger partial charge < -0.3 is 10.6 Å². The van der Waals surface area contributed by atoms with Crippen LogP contribution >= 0.6 is 0 Å². The second kappa shape index (κ2) is 8.73. The van der Waals surface area contributed by atoms with Gasteiger partial charge in [0.2, 0.25) is 0 Å². The van der Waals surface area contributed by atoms with Gasteiger partial charge in [-0.3, -0.25) is 0 Å². The van der Waals surface area contributed by atoms with E-state index in [9.17, 15) is 0 Å². The molecule has 1 unspecified atom stereocenters. The fraction of sp³-hybridized carbons (Fsp3) is 0.733. The highest BCUT2D eigenvalue weighted by Crippen LogP contribution is 2.15. The van der Waals surface area contributed by atoms with E-state index in [1.54, 1.807) is 0 Å². The van der Waals surface area contributed by atoms with Gasteiger partial charge in [0.15, 0.2) is 0 Å². The van der Waals surface area contributed by atoms with Crippen molar-refractivity contribution in [2.24, 2.45) is 0 Å². The van der Waals surface area contributed by atoms with Crippen LogP contribution in [0.25, 0.3) is 0 Å². The molecule has 0 saturated carbocycles. The molecule has 0 aliphatic rings. The first-order valence-electron chi connectivity index (χ1n) is 7.57. The van der Waals surface area contributed by atoms with E-state index in [0.717, 1.165) is 36.8 Å². The van der Waals surface area contributed by atoms with Crippen LogP contribution in [0.15, 0.2) is 6.07 Å². The molecule has 1 aromatic rings. The Labute approximate surface area is 117 Å². The van der Waals surface area contributed by atoms with Crippen molar-refractivity contribution in [1.29, 1.82) is 0 Å². The van der Waals surface area contributed by atoms with E-state index in [4.69, 9.17) is 0 Å². The van der Waals surface area contributed by atoms with Crippen molar-refractivity contribution in [3.63, 3.8) is 0 Å². The van der Waals surface area contributed by atoms with Crippen LogP contribution in [-0.2, 0) is 6.42 Å². The van der Waals surface area contributed by atoms with Gasteiger partial charge in [-0.05, 0) is 26.7 Å². The number of nitrogens with zero attached hydrogens (tertiary/aromatic N) is 2. The van der Waals surface area contributed by atoms with Crippen LogP contribution in [0.2, 0.25) is 0 Å². The summed E-state index contributed by atoms with van der Waals surface area (Å²) in [6.45, 7) is 9.55. The number of hydrogen-bond acceptors (Lipinski definition) is 4. The molecule has 4 nitrogen and oxygen atoms in total. The van der Waals surface area contributed by atoms with Crippen LogP contribution in [0.4, 0.5) is 11.6 Å². The van der Waals surface area contributed by atoms with Crippen molar-refractivity contribution in [2.45, 2.75) is 65.8 Å². The minimum Gasteiger partial charge on any atom is -0.370 e. The summed E-state index contributed by atoms with van der Waals surface area (Å²) in [4.78, 5) is 9.11. The Morgan fingerprint density at radius 2 is 1.84 bits per heavy atom. The quantitative estimate of drug-likeness (QED) is 0.711. The number of aryl methyl sites for hydroxylation is 1. The van der Waals surface area contributed by atoms with Crippen molar-refractivity contribution in [2.75, 3.05) is 17.2 Å². The largest absolute Gasteiger partial charge is 0.370 e. The summed E-state index contributed by atoms with van der Waals surface area (Å²) >= 11 is 0. The van der Waals surface area contributed by atoms with Gasteiger partial charge in [0, 0.05) is 25.1 Å². The molecular formula is C15H28N4. The smallest absolute Gasteiger partial charge is 0.133 e. The number of anilines is 2. The first-order valence-corrected chi connectivity index (χ1v) is 7.57. The van der Waals surface area contributed by atoms with Crippen molar-refractivity contribution >= 4 is 11.6 Å². The van der Waals surface area contributed by atoms with Crippen LogP contribution < -0.4 is 10.6 Å². The van der Waals surface area contributed by atoms with Crippen LogP contribution in [0.1, 0.15) is 59.2 Å². The molecule has 0 aromatic carbocycles. The molecule has 1 atom stereocenters. The molecule has 0 radical (unpaired) electrons. The normalized spacial score (nSPS) is 12.2. The van der Waals surface area contributed by atoms with Gasteiger partial charge in [-0.15, -0.1) is 0 Å². The lowest BCUT2D eigenvalue weighted by molar-refractivity contribution is 0.642. The second-order valence-corrected chi connectivity index (χ2v) is 5.02. The van der Waals surface area contributed by atoms with E-state index in [-0.39, 0.29) is 0 Å². The fourth-order valence-electron chi connectivity index (χ4n) is 2.01. The predicted molar refractivity (Wildman–Crippen MR) is 82.8 cm³/mol. The number of aromatic nitrogens is 2. The zero-order valence-electron chi connectivity index (χ0n) is 12.8. The third kappa shape index (κ3) is 5.90. The Bertz CT molecular complexity index is 341. The maximum absolute atomic E-state index is 4.59. The highest BCUT2D eigenvalue weighted by molar-refractivity contribution is 5.48. The van der Waals surface area contributed by atoms with Gasteiger partial charge in [-0.25, -0.2) is 9.97 Å². The topological polar surface area (TPSA) is 49.8 Å². The van der Waals surface area contributed by atoms with Crippen LogP contribution in [0.3, 0.4) is 0 Å². The zero-order chi connectivity index (χ0) is 14.1. The molecule has 1 heterocycles. The third-order valence-corrected chi connectivity index (χ3v) is 2.99. The van der Waals surface area contributed by atoms with E-state index in [1.165, 1.54) is 19.3 Å². The molecule has 0 spiro atoms. The summed E-state index contributed by atoms with van der Waals surface area (Å²) in [6, 6.07) is 2.46. The molecule has 0 aliphatic carbocycles. The van der Waals surface area contributed by atoms with Gasteiger partial charge >= 0.3 is 0 Å². The summed E-state index contributed by atoms with van der Waals surface area (Å²) in [5, 5.41) is 6.76. The van der Waals surface area contributed by atoms with Crippen molar-refractivity contribution in [3.8, 4) is 0 Å². The summed E-state index contributed by atoms with van der Waals surface area (Å²) in [7, 11) is 0. The van der Waals surface area contributed by atoms with Crippen LogP contribution in [-0.4, -0.2) is 22.6 Å². The van der Waals surface area contributed by atoms with Gasteiger partial charge in [-0.1, -0.05) is 26.7 Å². The minimum absolute atomic E-state index is 0.457. The maximum Gasteiger partial charge on any atom is 0.133 e. The zero-order valence-corrected chi connectivity index (χ0v) is 12.8. The van der Waals surface area contributed by atoms with E-state index in [2.05, 4.69) is 48.3 Å². The van der Waals surface area contributed by atoms with Crippen molar-refractivity contribution in [1.82, 2.24) is 9.97 Å². The predicted octanol–water partition coefficient (Wildman–Crippen LogP) is 3.85. The van der Waals surface area contributed by atoms with Crippen molar-refractivity contribution < 1.29 is 0 Å². The molecular weight excluding hydrogens is 236 g/mol. The van der Waals surface area contributed by atoms with Gasteiger partial charge in [0.1, 0.15) is 17.5 Å². The molecule has 0 amide bonds. The molecule has 0 aliphatic heterocycles. The van der Waals surface area contributed by atoms with Gasteiger partial charge in [0.25, 0.3) is 0 Å². The van der Waals surface area contributed by atoms with Gasteiger partial charge in [-0.2, -0.15) is 0 Å². The van der Waals surface area contributed by atoms with E-state index >= 15 is 0 Å². The molecule has 108 valence electrons. The first-order chi connectivity index (χ1) is 9.19.